The summed E-state index contributed by atoms with van der Waals surface area (Å²) < 4.78 is 5.68. The monoisotopic (exact) mass is 272 g/mol. The molecule has 0 spiro atoms. The Balaban J connectivity index is 1.90. The third kappa shape index (κ3) is 2.50. The van der Waals surface area contributed by atoms with Crippen LogP contribution in [0.1, 0.15) is 37.2 Å². The van der Waals surface area contributed by atoms with Crippen LogP contribution >= 0.6 is 0 Å². The number of anilines is 1. The van der Waals surface area contributed by atoms with Crippen molar-refractivity contribution < 1.29 is 9.21 Å². The predicted octanol–water partition coefficient (Wildman–Crippen LogP) is 3.28. The second-order valence-corrected chi connectivity index (χ2v) is 5.99. The van der Waals surface area contributed by atoms with Crippen LogP contribution in [0.2, 0.25) is 0 Å². The molecule has 2 aromatic rings. The number of rotatable bonds is 4. The molecule has 0 radical (unpaired) electrons. The molecule has 0 atom stereocenters. The summed E-state index contributed by atoms with van der Waals surface area (Å²) in [7, 11) is 0. The Labute approximate surface area is 118 Å². The van der Waals surface area contributed by atoms with Gasteiger partial charge >= 0.3 is 0 Å². The maximum Gasteiger partial charge on any atom is 0.289 e. The molecule has 1 aromatic carbocycles. The summed E-state index contributed by atoms with van der Waals surface area (Å²) in [4.78, 5) is 14.6. The van der Waals surface area contributed by atoms with Crippen LogP contribution in [0.15, 0.2) is 28.7 Å². The lowest BCUT2D eigenvalue weighted by Gasteiger charge is -2.23. The molecule has 0 unspecified atom stereocenters. The van der Waals surface area contributed by atoms with Crippen LogP contribution in [0, 0.1) is 5.92 Å². The van der Waals surface area contributed by atoms with Crippen molar-refractivity contribution in [2.75, 3.05) is 12.3 Å². The standard InChI is InChI=1S/C16H20N2O2/c1-10(2)9-18(13-4-5-13)16(19)15-8-11-7-12(17)3-6-14(11)20-15/h3,6-8,10,13H,4-5,9,17H2,1-2H3. The van der Waals surface area contributed by atoms with E-state index in [1.165, 1.54) is 0 Å². The highest BCUT2D eigenvalue weighted by Gasteiger charge is 2.34. The van der Waals surface area contributed by atoms with E-state index in [-0.39, 0.29) is 5.91 Å². The van der Waals surface area contributed by atoms with Gasteiger partial charge in [0, 0.05) is 23.7 Å². The molecule has 1 aromatic heterocycles. The van der Waals surface area contributed by atoms with Crippen LogP contribution in [0.5, 0.6) is 0 Å². The van der Waals surface area contributed by atoms with Gasteiger partial charge in [0.25, 0.3) is 5.91 Å². The van der Waals surface area contributed by atoms with E-state index in [1.54, 1.807) is 12.1 Å². The summed E-state index contributed by atoms with van der Waals surface area (Å²) >= 11 is 0. The van der Waals surface area contributed by atoms with Gasteiger partial charge in [-0.2, -0.15) is 0 Å². The van der Waals surface area contributed by atoms with E-state index in [9.17, 15) is 4.79 Å². The minimum absolute atomic E-state index is 0.00373. The van der Waals surface area contributed by atoms with Crippen molar-refractivity contribution in [3.05, 3.63) is 30.0 Å². The molecule has 0 aliphatic heterocycles. The molecule has 20 heavy (non-hydrogen) atoms. The predicted molar refractivity (Wildman–Crippen MR) is 79.5 cm³/mol. The zero-order valence-electron chi connectivity index (χ0n) is 11.9. The van der Waals surface area contributed by atoms with Gasteiger partial charge in [0.15, 0.2) is 5.76 Å². The number of nitrogens with zero attached hydrogens (tertiary/aromatic N) is 1. The van der Waals surface area contributed by atoms with Crippen LogP contribution in [-0.4, -0.2) is 23.4 Å². The number of furan rings is 1. The topological polar surface area (TPSA) is 59.5 Å². The lowest BCUT2D eigenvalue weighted by molar-refractivity contribution is 0.0692. The van der Waals surface area contributed by atoms with Gasteiger partial charge in [-0.3, -0.25) is 4.79 Å². The second kappa shape index (κ2) is 4.85. The van der Waals surface area contributed by atoms with Crippen molar-refractivity contribution in [1.29, 1.82) is 0 Å². The van der Waals surface area contributed by atoms with Gasteiger partial charge < -0.3 is 15.1 Å². The Morgan fingerprint density at radius 3 is 2.80 bits per heavy atom. The SMILES string of the molecule is CC(C)CN(C(=O)c1cc2cc(N)ccc2o1)C1CC1. The van der Waals surface area contributed by atoms with Gasteiger partial charge in [0.1, 0.15) is 5.58 Å². The van der Waals surface area contributed by atoms with Crippen LogP contribution in [0.3, 0.4) is 0 Å². The Morgan fingerprint density at radius 1 is 1.40 bits per heavy atom. The smallest absolute Gasteiger partial charge is 0.289 e. The number of hydrogen-bond donors (Lipinski definition) is 1. The zero-order chi connectivity index (χ0) is 14.3. The average Bonchev–Trinajstić information content (AvgIpc) is 3.14. The highest BCUT2D eigenvalue weighted by molar-refractivity contribution is 5.97. The fourth-order valence-electron chi connectivity index (χ4n) is 2.49. The van der Waals surface area contributed by atoms with Crippen molar-refractivity contribution in [3.8, 4) is 0 Å². The normalized spacial score (nSPS) is 14.9. The number of hydrogen-bond acceptors (Lipinski definition) is 3. The van der Waals surface area contributed by atoms with E-state index in [4.69, 9.17) is 10.2 Å². The molecule has 1 heterocycles. The van der Waals surface area contributed by atoms with E-state index >= 15 is 0 Å². The molecule has 3 rings (SSSR count). The van der Waals surface area contributed by atoms with Gasteiger partial charge in [-0.05, 0) is 43.0 Å². The molecule has 106 valence electrons. The highest BCUT2D eigenvalue weighted by Crippen LogP contribution is 2.30. The Hall–Kier alpha value is -1.97. The number of benzene rings is 1. The fourth-order valence-corrected chi connectivity index (χ4v) is 2.49. The largest absolute Gasteiger partial charge is 0.451 e. The van der Waals surface area contributed by atoms with Gasteiger partial charge in [0.2, 0.25) is 0 Å². The lowest BCUT2D eigenvalue weighted by atomic mass is 10.2. The summed E-state index contributed by atoms with van der Waals surface area (Å²) in [6.07, 6.45) is 2.21. The first kappa shape index (κ1) is 13.0. The van der Waals surface area contributed by atoms with E-state index in [0.29, 0.717) is 29.0 Å². The van der Waals surface area contributed by atoms with Crippen molar-refractivity contribution in [1.82, 2.24) is 4.90 Å². The first-order valence-corrected chi connectivity index (χ1v) is 7.14. The number of amides is 1. The maximum atomic E-state index is 12.6. The summed E-state index contributed by atoms with van der Waals surface area (Å²) in [6.45, 7) is 5.03. The van der Waals surface area contributed by atoms with Gasteiger partial charge in [0.05, 0.1) is 0 Å². The Bertz CT molecular complexity index is 641. The van der Waals surface area contributed by atoms with E-state index < -0.39 is 0 Å². The molecular weight excluding hydrogens is 252 g/mol. The molecule has 1 amide bonds. The molecule has 0 saturated heterocycles. The van der Waals surface area contributed by atoms with Crippen LogP contribution < -0.4 is 5.73 Å². The van der Waals surface area contributed by atoms with Gasteiger partial charge in [-0.15, -0.1) is 0 Å². The molecule has 1 fully saturated rings. The molecule has 4 heteroatoms. The zero-order valence-corrected chi connectivity index (χ0v) is 11.9. The van der Waals surface area contributed by atoms with E-state index in [2.05, 4.69) is 13.8 Å². The Kier molecular flexibility index (Phi) is 3.16. The Morgan fingerprint density at radius 2 is 2.15 bits per heavy atom. The minimum atomic E-state index is -0.00373. The number of nitrogens with two attached hydrogens (primary N) is 1. The van der Waals surface area contributed by atoms with Crippen molar-refractivity contribution in [3.63, 3.8) is 0 Å². The maximum absolute atomic E-state index is 12.6. The molecular formula is C16H20N2O2. The second-order valence-electron chi connectivity index (χ2n) is 5.99. The lowest BCUT2D eigenvalue weighted by Crippen LogP contribution is -2.35. The number of fused-ring (bicyclic) bond motifs is 1. The summed E-state index contributed by atoms with van der Waals surface area (Å²) in [5.41, 5.74) is 7.15. The number of carbonyl (C=O) groups is 1. The summed E-state index contributed by atoms with van der Waals surface area (Å²) in [6, 6.07) is 7.62. The average molecular weight is 272 g/mol. The number of nitrogen functional groups attached to an aromatic ring is 1. The number of carbonyl (C=O) groups excluding carboxylic acids is 1. The third-order valence-corrected chi connectivity index (χ3v) is 3.56. The molecule has 1 saturated carbocycles. The van der Waals surface area contributed by atoms with Crippen molar-refractivity contribution in [2.45, 2.75) is 32.7 Å². The third-order valence-electron chi connectivity index (χ3n) is 3.56. The molecule has 0 bridgehead atoms. The summed E-state index contributed by atoms with van der Waals surface area (Å²) in [5.74, 6) is 0.869. The van der Waals surface area contributed by atoms with Gasteiger partial charge in [-0.25, -0.2) is 0 Å². The molecule has 1 aliphatic rings. The summed E-state index contributed by atoms with van der Waals surface area (Å²) in [5, 5.41) is 0.883. The highest BCUT2D eigenvalue weighted by atomic mass is 16.3. The van der Waals surface area contributed by atoms with E-state index in [0.717, 1.165) is 24.8 Å². The van der Waals surface area contributed by atoms with Crippen molar-refractivity contribution >= 4 is 22.6 Å². The quantitative estimate of drug-likeness (QED) is 0.869. The van der Waals surface area contributed by atoms with Gasteiger partial charge in [-0.1, -0.05) is 13.8 Å². The molecule has 2 N–H and O–H groups in total. The van der Waals surface area contributed by atoms with Crippen LogP contribution in [0.4, 0.5) is 5.69 Å². The van der Waals surface area contributed by atoms with Crippen LogP contribution in [0.25, 0.3) is 11.0 Å². The minimum Gasteiger partial charge on any atom is -0.451 e. The molecule has 1 aliphatic carbocycles. The first-order valence-electron chi connectivity index (χ1n) is 7.14. The van der Waals surface area contributed by atoms with Crippen molar-refractivity contribution in [2.24, 2.45) is 5.92 Å². The first-order chi connectivity index (χ1) is 9.54. The fraction of sp³-hybridized carbons (Fsp3) is 0.438. The van der Waals surface area contributed by atoms with E-state index in [1.807, 2.05) is 17.0 Å². The van der Waals surface area contributed by atoms with Crippen LogP contribution in [-0.2, 0) is 0 Å². The molecule has 4 nitrogen and oxygen atoms in total.